The third-order valence-electron chi connectivity index (χ3n) is 5.50. The van der Waals surface area contributed by atoms with Crippen molar-refractivity contribution in [3.63, 3.8) is 0 Å². The summed E-state index contributed by atoms with van der Waals surface area (Å²) >= 11 is 0. The van der Waals surface area contributed by atoms with Crippen molar-refractivity contribution in [2.45, 2.75) is 38.6 Å². The van der Waals surface area contributed by atoms with Crippen LogP contribution in [0.3, 0.4) is 0 Å². The Hall–Kier alpha value is -1.88. The number of amides is 2. The SMILES string of the molecule is CC1CCNCC1NC(=O)C1CCCN(C(=O)Cc2ccccc2)C1. The van der Waals surface area contributed by atoms with Crippen molar-refractivity contribution in [2.24, 2.45) is 11.8 Å². The van der Waals surface area contributed by atoms with E-state index in [-0.39, 0.29) is 23.8 Å². The molecular formula is C20H29N3O2. The number of nitrogens with one attached hydrogen (secondary N) is 2. The molecule has 2 fully saturated rings. The lowest BCUT2D eigenvalue weighted by atomic mass is 9.92. The molecule has 2 aliphatic heterocycles. The first-order chi connectivity index (χ1) is 12.1. The fourth-order valence-electron chi connectivity index (χ4n) is 3.78. The van der Waals surface area contributed by atoms with E-state index in [9.17, 15) is 9.59 Å². The summed E-state index contributed by atoms with van der Waals surface area (Å²) in [7, 11) is 0. The van der Waals surface area contributed by atoms with Crippen molar-refractivity contribution in [1.29, 1.82) is 0 Å². The van der Waals surface area contributed by atoms with Crippen LogP contribution in [0, 0.1) is 11.8 Å². The van der Waals surface area contributed by atoms with Crippen LogP contribution in [0.1, 0.15) is 31.7 Å². The van der Waals surface area contributed by atoms with Crippen LogP contribution in [-0.2, 0) is 16.0 Å². The molecule has 136 valence electrons. The summed E-state index contributed by atoms with van der Waals surface area (Å²) in [6, 6.07) is 10.0. The maximum absolute atomic E-state index is 12.7. The molecule has 5 heteroatoms. The summed E-state index contributed by atoms with van der Waals surface area (Å²) in [4.78, 5) is 27.1. The molecule has 25 heavy (non-hydrogen) atoms. The second-order valence-electron chi connectivity index (χ2n) is 7.43. The molecule has 3 unspecified atom stereocenters. The van der Waals surface area contributed by atoms with E-state index in [4.69, 9.17) is 0 Å². The highest BCUT2D eigenvalue weighted by atomic mass is 16.2. The van der Waals surface area contributed by atoms with E-state index in [2.05, 4.69) is 17.6 Å². The van der Waals surface area contributed by atoms with Crippen molar-refractivity contribution in [3.05, 3.63) is 35.9 Å². The maximum atomic E-state index is 12.7. The smallest absolute Gasteiger partial charge is 0.227 e. The van der Waals surface area contributed by atoms with E-state index >= 15 is 0 Å². The summed E-state index contributed by atoms with van der Waals surface area (Å²) in [5.41, 5.74) is 1.03. The molecule has 2 amide bonds. The molecular weight excluding hydrogens is 314 g/mol. The lowest BCUT2D eigenvalue weighted by molar-refractivity contribution is -0.135. The summed E-state index contributed by atoms with van der Waals surface area (Å²) in [5, 5.41) is 6.56. The summed E-state index contributed by atoms with van der Waals surface area (Å²) < 4.78 is 0. The van der Waals surface area contributed by atoms with Gasteiger partial charge in [0, 0.05) is 25.7 Å². The van der Waals surface area contributed by atoms with Crippen molar-refractivity contribution < 1.29 is 9.59 Å². The molecule has 0 radical (unpaired) electrons. The number of benzene rings is 1. The highest BCUT2D eigenvalue weighted by Crippen LogP contribution is 2.19. The zero-order chi connectivity index (χ0) is 17.6. The average Bonchev–Trinajstić information content (AvgIpc) is 2.64. The third-order valence-corrected chi connectivity index (χ3v) is 5.50. The Balaban J connectivity index is 1.53. The third kappa shape index (κ3) is 4.82. The van der Waals surface area contributed by atoms with E-state index in [1.165, 1.54) is 0 Å². The van der Waals surface area contributed by atoms with Crippen molar-refractivity contribution in [2.75, 3.05) is 26.2 Å². The molecule has 3 rings (SSSR count). The van der Waals surface area contributed by atoms with Crippen molar-refractivity contribution >= 4 is 11.8 Å². The van der Waals surface area contributed by atoms with E-state index < -0.39 is 0 Å². The molecule has 0 aromatic heterocycles. The van der Waals surface area contributed by atoms with Crippen molar-refractivity contribution in [3.8, 4) is 0 Å². The number of rotatable bonds is 4. The molecule has 3 atom stereocenters. The lowest BCUT2D eigenvalue weighted by Gasteiger charge is -2.35. The minimum absolute atomic E-state index is 0.0809. The quantitative estimate of drug-likeness (QED) is 0.873. The van der Waals surface area contributed by atoms with Gasteiger partial charge in [-0.2, -0.15) is 0 Å². The van der Waals surface area contributed by atoms with Crippen LogP contribution in [0.4, 0.5) is 0 Å². The van der Waals surface area contributed by atoms with Gasteiger partial charge in [0.1, 0.15) is 0 Å². The average molecular weight is 343 g/mol. The van der Waals surface area contributed by atoms with E-state index in [0.717, 1.165) is 44.5 Å². The second kappa shape index (κ2) is 8.48. The Bertz CT molecular complexity index is 590. The molecule has 2 saturated heterocycles. The fraction of sp³-hybridized carbons (Fsp3) is 0.600. The molecule has 1 aromatic rings. The second-order valence-corrected chi connectivity index (χ2v) is 7.43. The summed E-state index contributed by atoms with van der Waals surface area (Å²) in [6.45, 7) is 5.38. The van der Waals surface area contributed by atoms with E-state index in [1.54, 1.807) is 0 Å². The molecule has 1 aromatic carbocycles. The molecule has 5 nitrogen and oxygen atoms in total. The van der Waals surface area contributed by atoms with Crippen LogP contribution in [0.5, 0.6) is 0 Å². The van der Waals surface area contributed by atoms with E-state index in [0.29, 0.717) is 18.9 Å². The Labute approximate surface area is 150 Å². The van der Waals surface area contributed by atoms with Crippen LogP contribution in [0.25, 0.3) is 0 Å². The largest absolute Gasteiger partial charge is 0.352 e. The number of hydrogen-bond donors (Lipinski definition) is 2. The van der Waals surface area contributed by atoms with Crippen LogP contribution in [0.2, 0.25) is 0 Å². The van der Waals surface area contributed by atoms with Crippen molar-refractivity contribution in [1.82, 2.24) is 15.5 Å². The zero-order valence-electron chi connectivity index (χ0n) is 15.0. The number of piperidine rings is 2. The first kappa shape index (κ1) is 17.9. The monoisotopic (exact) mass is 343 g/mol. The van der Waals surface area contributed by atoms with Gasteiger partial charge >= 0.3 is 0 Å². The van der Waals surface area contributed by atoms with Gasteiger partial charge in [-0.3, -0.25) is 9.59 Å². The van der Waals surface area contributed by atoms with Gasteiger partial charge < -0.3 is 15.5 Å². The first-order valence-corrected chi connectivity index (χ1v) is 9.46. The fourth-order valence-corrected chi connectivity index (χ4v) is 3.78. The number of hydrogen-bond acceptors (Lipinski definition) is 3. The van der Waals surface area contributed by atoms with Crippen LogP contribution in [0.15, 0.2) is 30.3 Å². The molecule has 0 aliphatic carbocycles. The Morgan fingerprint density at radius 2 is 2.04 bits per heavy atom. The van der Waals surface area contributed by atoms with Gasteiger partial charge in [-0.15, -0.1) is 0 Å². The standard InChI is InChI=1S/C20H29N3O2/c1-15-9-10-21-13-18(15)22-20(25)17-8-5-11-23(14-17)19(24)12-16-6-3-2-4-7-16/h2-4,6-7,15,17-18,21H,5,8-14H2,1H3,(H,22,25). The predicted molar refractivity (Wildman–Crippen MR) is 98.0 cm³/mol. The summed E-state index contributed by atoms with van der Waals surface area (Å²) in [6.07, 6.45) is 3.28. The normalized spacial score (nSPS) is 26.9. The molecule has 2 N–H and O–H groups in total. The molecule has 2 heterocycles. The van der Waals surface area contributed by atoms with Gasteiger partial charge in [-0.05, 0) is 37.3 Å². The molecule has 0 spiro atoms. The van der Waals surface area contributed by atoms with Gasteiger partial charge in [0.15, 0.2) is 0 Å². The number of nitrogens with zero attached hydrogens (tertiary/aromatic N) is 1. The van der Waals surface area contributed by atoms with Crippen LogP contribution >= 0.6 is 0 Å². The van der Waals surface area contributed by atoms with Crippen LogP contribution < -0.4 is 10.6 Å². The highest BCUT2D eigenvalue weighted by molar-refractivity contribution is 5.82. The minimum Gasteiger partial charge on any atom is -0.352 e. The summed E-state index contributed by atoms with van der Waals surface area (Å²) in [5.74, 6) is 0.654. The number of carbonyl (C=O) groups is 2. The van der Waals surface area contributed by atoms with Gasteiger partial charge in [0.05, 0.1) is 12.3 Å². The van der Waals surface area contributed by atoms with Gasteiger partial charge in [-0.1, -0.05) is 37.3 Å². The molecule has 0 bridgehead atoms. The van der Waals surface area contributed by atoms with Crippen LogP contribution in [-0.4, -0.2) is 48.9 Å². The maximum Gasteiger partial charge on any atom is 0.227 e. The number of carbonyl (C=O) groups excluding carboxylic acids is 2. The Morgan fingerprint density at radius 1 is 1.24 bits per heavy atom. The Kier molecular flexibility index (Phi) is 6.08. The van der Waals surface area contributed by atoms with Gasteiger partial charge in [0.2, 0.25) is 11.8 Å². The molecule has 0 saturated carbocycles. The Morgan fingerprint density at radius 3 is 2.80 bits per heavy atom. The van der Waals surface area contributed by atoms with Gasteiger partial charge in [0.25, 0.3) is 0 Å². The first-order valence-electron chi connectivity index (χ1n) is 9.46. The number of likely N-dealkylation sites (tertiary alicyclic amines) is 1. The highest BCUT2D eigenvalue weighted by Gasteiger charge is 2.31. The van der Waals surface area contributed by atoms with Gasteiger partial charge in [-0.25, -0.2) is 0 Å². The lowest BCUT2D eigenvalue weighted by Crippen LogP contribution is -2.53. The van der Waals surface area contributed by atoms with E-state index in [1.807, 2.05) is 35.2 Å². The minimum atomic E-state index is -0.0809. The predicted octanol–water partition coefficient (Wildman–Crippen LogP) is 1.58. The topological polar surface area (TPSA) is 61.4 Å². The molecule has 2 aliphatic rings. The zero-order valence-corrected chi connectivity index (χ0v) is 15.0.